The third-order valence-corrected chi connectivity index (χ3v) is 2.22. The molecule has 0 aliphatic heterocycles. The summed E-state index contributed by atoms with van der Waals surface area (Å²) in [4.78, 5) is 9.52. The molecular formula is C4HCl3N2O2. The lowest BCUT2D eigenvalue weighted by atomic mass is 10.5. The Hall–Kier alpha value is -0.450. The average Bonchev–Trinajstić information content (AvgIpc) is 2.17. The smallest absolute Gasteiger partial charge is 0.258 e. The fraction of sp³-hybridized carbons (Fsp3) is 0. The summed E-state index contributed by atoms with van der Waals surface area (Å²) in [5, 5.41) is 9.98. The Balaban J connectivity index is 3.29. The fourth-order valence-electron chi connectivity index (χ4n) is 0.547. The maximum absolute atomic E-state index is 10.2. The summed E-state index contributed by atoms with van der Waals surface area (Å²) in [6.07, 6.45) is 1.03. The molecule has 0 aromatic carbocycles. The molecule has 0 unspecified atom stereocenters. The summed E-state index contributed by atoms with van der Waals surface area (Å²) < 4.78 is 0.863. The molecule has 0 radical (unpaired) electrons. The summed E-state index contributed by atoms with van der Waals surface area (Å²) in [7, 11) is 0. The fourth-order valence-corrected chi connectivity index (χ4v) is 1.12. The maximum atomic E-state index is 10.2. The van der Waals surface area contributed by atoms with Crippen LogP contribution in [0.5, 0.6) is 0 Å². The molecule has 0 bridgehead atoms. The van der Waals surface area contributed by atoms with Crippen molar-refractivity contribution in [1.29, 1.82) is 0 Å². The highest BCUT2D eigenvalue weighted by molar-refractivity contribution is 6.44. The molecule has 11 heavy (non-hydrogen) atoms. The van der Waals surface area contributed by atoms with Crippen LogP contribution in [0.25, 0.3) is 0 Å². The second-order valence-electron chi connectivity index (χ2n) is 1.69. The van der Waals surface area contributed by atoms with Crippen molar-refractivity contribution in [3.8, 4) is 0 Å². The first-order valence-electron chi connectivity index (χ1n) is 2.41. The summed E-state index contributed by atoms with van der Waals surface area (Å²) >= 11 is 16.2. The summed E-state index contributed by atoms with van der Waals surface area (Å²) in [6.45, 7) is 0. The Kier molecular flexibility index (Phi) is 2.27. The van der Waals surface area contributed by atoms with Crippen LogP contribution in [0.15, 0.2) is 6.20 Å². The molecule has 60 valence electrons. The zero-order chi connectivity index (χ0) is 8.59. The van der Waals surface area contributed by atoms with Gasteiger partial charge in [-0.3, -0.25) is 10.1 Å². The normalized spacial score (nSPS) is 10.1. The van der Waals surface area contributed by atoms with E-state index in [4.69, 9.17) is 35.0 Å². The predicted octanol–water partition coefficient (Wildman–Crippen LogP) is 2.71. The first-order valence-corrected chi connectivity index (χ1v) is 3.50. The van der Waals surface area contributed by atoms with Gasteiger partial charge in [0.05, 0.1) is 4.92 Å². The van der Waals surface area contributed by atoms with Gasteiger partial charge in [0.15, 0.2) is 5.02 Å². The Bertz CT molecular complexity index is 309. The number of nitro groups is 1. The Morgan fingerprint density at radius 2 is 2.09 bits per heavy atom. The molecule has 0 fully saturated rings. The van der Waals surface area contributed by atoms with Crippen molar-refractivity contribution in [3.05, 3.63) is 26.5 Å². The number of aromatic nitrogens is 1. The van der Waals surface area contributed by atoms with Crippen molar-refractivity contribution < 1.29 is 4.92 Å². The lowest BCUT2D eigenvalue weighted by Crippen LogP contribution is -1.84. The van der Waals surface area contributed by atoms with Gasteiger partial charge in [-0.1, -0.05) is 23.2 Å². The molecule has 0 spiro atoms. The molecule has 0 aliphatic rings. The lowest BCUT2D eigenvalue weighted by Gasteiger charge is -1.84. The maximum Gasteiger partial charge on any atom is 0.308 e. The molecule has 4 nitrogen and oxygen atoms in total. The summed E-state index contributed by atoms with van der Waals surface area (Å²) in [5.41, 5.74) is -0.299. The van der Waals surface area contributed by atoms with E-state index in [1.807, 2.05) is 0 Å². The Morgan fingerprint density at radius 3 is 2.27 bits per heavy atom. The van der Waals surface area contributed by atoms with Gasteiger partial charge >= 0.3 is 5.69 Å². The van der Waals surface area contributed by atoms with E-state index in [2.05, 4.69) is 0 Å². The highest BCUT2D eigenvalue weighted by atomic mass is 35.5. The van der Waals surface area contributed by atoms with E-state index in [9.17, 15) is 10.1 Å². The number of hydrogen-bond donors (Lipinski definition) is 0. The van der Waals surface area contributed by atoms with Crippen molar-refractivity contribution >= 4 is 40.7 Å². The van der Waals surface area contributed by atoms with Crippen LogP contribution < -0.4 is 0 Å². The second kappa shape index (κ2) is 2.89. The molecule has 7 heteroatoms. The zero-order valence-corrected chi connectivity index (χ0v) is 7.19. The van der Waals surface area contributed by atoms with Gasteiger partial charge < -0.3 is 0 Å². The van der Waals surface area contributed by atoms with Gasteiger partial charge in [0.2, 0.25) is 0 Å². The minimum Gasteiger partial charge on any atom is -0.258 e. The topological polar surface area (TPSA) is 48.1 Å². The minimum absolute atomic E-state index is 0.0555. The molecule has 1 aromatic rings. The van der Waals surface area contributed by atoms with E-state index in [-0.39, 0.29) is 15.9 Å². The van der Waals surface area contributed by atoms with Crippen LogP contribution in [0.1, 0.15) is 0 Å². The zero-order valence-electron chi connectivity index (χ0n) is 4.92. The quantitative estimate of drug-likeness (QED) is 0.534. The van der Waals surface area contributed by atoms with Crippen LogP contribution in [0.2, 0.25) is 10.2 Å². The molecule has 0 amide bonds. The minimum atomic E-state index is -0.660. The van der Waals surface area contributed by atoms with Crippen LogP contribution in [0, 0.1) is 10.1 Å². The number of halogens is 3. The third kappa shape index (κ3) is 1.42. The van der Waals surface area contributed by atoms with E-state index in [1.165, 1.54) is 0 Å². The van der Waals surface area contributed by atoms with Crippen molar-refractivity contribution in [2.75, 3.05) is 0 Å². The molecule has 1 aromatic heterocycles. The number of hydrogen-bond acceptors (Lipinski definition) is 2. The highest BCUT2D eigenvalue weighted by Gasteiger charge is 2.20. The van der Waals surface area contributed by atoms with Gasteiger partial charge in [-0.05, 0) is 0 Å². The van der Waals surface area contributed by atoms with Crippen LogP contribution in [0.3, 0.4) is 0 Å². The van der Waals surface area contributed by atoms with Crippen molar-refractivity contribution in [3.63, 3.8) is 0 Å². The summed E-state index contributed by atoms with van der Waals surface area (Å²) in [6, 6.07) is 0. The van der Waals surface area contributed by atoms with E-state index < -0.39 is 4.92 Å². The second-order valence-corrected chi connectivity index (χ2v) is 2.79. The van der Waals surface area contributed by atoms with Gasteiger partial charge in [-0.25, -0.2) is 4.09 Å². The number of rotatable bonds is 1. The van der Waals surface area contributed by atoms with Crippen LogP contribution in [0.4, 0.5) is 5.69 Å². The Labute approximate surface area is 76.5 Å². The van der Waals surface area contributed by atoms with Gasteiger partial charge in [0, 0.05) is 11.8 Å². The largest absolute Gasteiger partial charge is 0.308 e. The molecule has 0 N–H and O–H groups in total. The molecule has 1 heterocycles. The standard InChI is InChI=1S/C4HCl3N2O2/c5-3-2(9(10)11)1-8(7)4(3)6/h1H. The van der Waals surface area contributed by atoms with Gasteiger partial charge in [-0.15, -0.1) is 0 Å². The molecule has 0 atom stereocenters. The van der Waals surface area contributed by atoms with Crippen LogP contribution >= 0.6 is 35.0 Å². The highest BCUT2D eigenvalue weighted by Crippen LogP contribution is 2.33. The van der Waals surface area contributed by atoms with Crippen molar-refractivity contribution in [1.82, 2.24) is 4.09 Å². The van der Waals surface area contributed by atoms with Crippen molar-refractivity contribution in [2.24, 2.45) is 0 Å². The molecule has 0 saturated heterocycles. The van der Waals surface area contributed by atoms with Crippen molar-refractivity contribution in [2.45, 2.75) is 0 Å². The van der Waals surface area contributed by atoms with E-state index in [0.29, 0.717) is 0 Å². The molecular weight excluding hydrogens is 214 g/mol. The Morgan fingerprint density at radius 1 is 1.55 bits per heavy atom. The van der Waals surface area contributed by atoms with Crippen LogP contribution in [-0.4, -0.2) is 9.01 Å². The van der Waals surface area contributed by atoms with E-state index >= 15 is 0 Å². The van der Waals surface area contributed by atoms with Crippen LogP contribution in [-0.2, 0) is 0 Å². The predicted molar refractivity (Wildman–Crippen MR) is 42.4 cm³/mol. The van der Waals surface area contributed by atoms with Gasteiger partial charge in [0.25, 0.3) is 0 Å². The molecule has 0 saturated carbocycles. The SMILES string of the molecule is O=[N+]([O-])c1cn(Cl)c(Cl)c1Cl. The number of nitrogens with zero attached hydrogens (tertiary/aromatic N) is 2. The van der Waals surface area contributed by atoms with E-state index in [0.717, 1.165) is 10.3 Å². The average molecular weight is 215 g/mol. The van der Waals surface area contributed by atoms with E-state index in [1.54, 1.807) is 0 Å². The summed E-state index contributed by atoms with van der Waals surface area (Å²) in [5.74, 6) is 0. The molecule has 0 aliphatic carbocycles. The first kappa shape index (κ1) is 8.64. The monoisotopic (exact) mass is 214 g/mol. The van der Waals surface area contributed by atoms with Gasteiger partial charge in [-0.2, -0.15) is 0 Å². The lowest BCUT2D eigenvalue weighted by molar-refractivity contribution is -0.384. The van der Waals surface area contributed by atoms with Gasteiger partial charge in [0.1, 0.15) is 11.3 Å². The third-order valence-electron chi connectivity index (χ3n) is 1.03. The molecule has 1 rings (SSSR count). The first-order chi connectivity index (χ1) is 5.04.